The zero-order valence-corrected chi connectivity index (χ0v) is 9.70. The van der Waals surface area contributed by atoms with Crippen LogP contribution in [0.15, 0.2) is 0 Å². The van der Waals surface area contributed by atoms with Crippen LogP contribution in [0.1, 0.15) is 19.8 Å². The molecule has 0 rings (SSSR count). The normalized spacial score (nSPS) is 18.1. The molecule has 0 fully saturated rings. The molecule has 0 bridgehead atoms. The predicted octanol–water partition coefficient (Wildman–Crippen LogP) is 1.95. The van der Waals surface area contributed by atoms with E-state index in [4.69, 9.17) is 5.73 Å². The van der Waals surface area contributed by atoms with Gasteiger partial charge < -0.3 is 0 Å². The Balaban J connectivity index is 4.00. The summed E-state index contributed by atoms with van der Waals surface area (Å²) in [6.45, 7) is 9.27. The molecule has 2 N–H and O–H groups in total. The minimum atomic E-state index is -1.14. The van der Waals surface area contributed by atoms with Gasteiger partial charge in [-0.2, -0.15) is 0 Å². The summed E-state index contributed by atoms with van der Waals surface area (Å²) in [5, 5.41) is 1.39. The van der Waals surface area contributed by atoms with Crippen molar-refractivity contribution in [3.63, 3.8) is 0 Å². The van der Waals surface area contributed by atoms with E-state index in [1.165, 1.54) is 17.9 Å². The van der Waals surface area contributed by atoms with Crippen LogP contribution in [0.4, 0.5) is 0 Å². The van der Waals surface area contributed by atoms with E-state index in [1.54, 1.807) is 0 Å². The van der Waals surface area contributed by atoms with E-state index in [1.807, 2.05) is 0 Å². The van der Waals surface area contributed by atoms with Crippen molar-refractivity contribution >= 4 is 25.8 Å². The Kier molecular flexibility index (Phi) is 4.43. The van der Waals surface area contributed by atoms with Crippen LogP contribution < -0.4 is 5.73 Å². The van der Waals surface area contributed by atoms with Gasteiger partial charge in [0.25, 0.3) is 0 Å². The van der Waals surface area contributed by atoms with Crippen LogP contribution >= 0.6 is 0 Å². The molecule has 0 aromatic carbocycles. The van der Waals surface area contributed by atoms with E-state index in [0.29, 0.717) is 0 Å². The Bertz CT molecular complexity index is 118. The van der Waals surface area contributed by atoms with E-state index < -0.39 is 8.07 Å². The first-order valence-corrected chi connectivity index (χ1v) is 8.10. The molecular weight excluding hydrogens is 145 g/mol. The Morgan fingerprint density at radius 3 is 2.09 bits per heavy atom. The van der Waals surface area contributed by atoms with Crippen LogP contribution in [-0.2, 0) is 0 Å². The molecule has 0 radical (unpaired) electrons. The fourth-order valence-corrected chi connectivity index (χ4v) is 1.85. The molecule has 1 atom stereocenters. The quantitative estimate of drug-likeness (QED) is 0.633. The van der Waals surface area contributed by atoms with Crippen LogP contribution in [-0.4, -0.2) is 31.0 Å². The summed E-state index contributed by atoms with van der Waals surface area (Å²) in [5.74, 6) is 0. The van der Waals surface area contributed by atoms with Gasteiger partial charge in [-0.15, -0.1) is 0 Å². The Labute approximate surface area is 81.3 Å². The van der Waals surface area contributed by atoms with Gasteiger partial charge in [0.1, 0.15) is 0 Å². The molecule has 0 aliphatic heterocycles. The number of hydrogen-bond donors (Lipinski definition) is 1. The summed E-state index contributed by atoms with van der Waals surface area (Å²) >= 11 is 2.22. The van der Waals surface area contributed by atoms with Gasteiger partial charge in [0, 0.05) is 0 Å². The third-order valence-corrected chi connectivity index (χ3v) is 6.44. The summed E-state index contributed by atoms with van der Waals surface area (Å²) in [5.41, 5.74) is 6.24. The van der Waals surface area contributed by atoms with Gasteiger partial charge in [-0.05, 0) is 0 Å². The molecule has 1 nitrogen and oxygen atoms in total. The molecule has 11 heavy (non-hydrogen) atoms. The van der Waals surface area contributed by atoms with Crippen molar-refractivity contribution < 1.29 is 0 Å². The van der Waals surface area contributed by atoms with E-state index in [9.17, 15) is 0 Å². The molecule has 0 aromatic rings. The average Bonchev–Trinajstić information content (AvgIpc) is 1.81. The first-order chi connectivity index (χ1) is 4.81. The maximum atomic E-state index is 6.24. The summed E-state index contributed by atoms with van der Waals surface area (Å²) in [7, 11) is -1.14. The second-order valence-electron chi connectivity index (χ2n) is 4.77. The summed E-state index contributed by atoms with van der Waals surface area (Å²) in [6.07, 6.45) is 2.47. The SMILES string of the molecule is [Li][CH2]CCC(C)(N)[Si](C)(C)C. The number of hydrogen-bond acceptors (Lipinski definition) is 1. The van der Waals surface area contributed by atoms with Crippen molar-refractivity contribution in [3.05, 3.63) is 0 Å². The van der Waals surface area contributed by atoms with E-state index in [-0.39, 0.29) is 5.16 Å². The second-order valence-corrected chi connectivity index (χ2v) is 10.4. The Hall–Kier alpha value is 0.774. The first kappa shape index (κ1) is 11.8. The molecule has 0 amide bonds. The Morgan fingerprint density at radius 2 is 1.82 bits per heavy atom. The van der Waals surface area contributed by atoms with Crippen molar-refractivity contribution in [2.45, 2.75) is 49.7 Å². The van der Waals surface area contributed by atoms with Gasteiger partial charge in [0.05, 0.1) is 0 Å². The van der Waals surface area contributed by atoms with E-state index >= 15 is 0 Å². The fourth-order valence-electron chi connectivity index (χ4n) is 0.919. The molecule has 0 aromatic heterocycles. The van der Waals surface area contributed by atoms with Crippen molar-refractivity contribution in [2.24, 2.45) is 5.73 Å². The van der Waals surface area contributed by atoms with Gasteiger partial charge in [-0.25, -0.2) is 0 Å². The Morgan fingerprint density at radius 1 is 1.36 bits per heavy atom. The number of nitrogens with two attached hydrogens (primary N) is 1. The molecule has 0 heterocycles. The third kappa shape index (κ3) is 3.80. The summed E-state index contributed by atoms with van der Waals surface area (Å²) in [4.78, 5) is 0. The van der Waals surface area contributed by atoms with Crippen LogP contribution in [0.25, 0.3) is 0 Å². The van der Waals surface area contributed by atoms with E-state index in [0.717, 1.165) is 0 Å². The van der Waals surface area contributed by atoms with Crippen LogP contribution in [0.5, 0.6) is 0 Å². The first-order valence-electron chi connectivity index (χ1n) is 4.60. The topological polar surface area (TPSA) is 26.0 Å². The minimum absolute atomic E-state index is 0.128. The summed E-state index contributed by atoms with van der Waals surface area (Å²) < 4.78 is 0. The van der Waals surface area contributed by atoms with Gasteiger partial charge in [-0.1, -0.05) is 0 Å². The molecule has 62 valence electrons. The summed E-state index contributed by atoms with van der Waals surface area (Å²) in [6, 6.07) is 0. The van der Waals surface area contributed by atoms with Gasteiger partial charge >= 0.3 is 81.2 Å². The monoisotopic (exact) mass is 165 g/mol. The predicted molar refractivity (Wildman–Crippen MR) is 55.7 cm³/mol. The van der Waals surface area contributed by atoms with Crippen LogP contribution in [0.2, 0.25) is 24.7 Å². The molecule has 0 aliphatic carbocycles. The zero-order valence-electron chi connectivity index (χ0n) is 8.70. The van der Waals surface area contributed by atoms with Crippen molar-refractivity contribution in [2.75, 3.05) is 0 Å². The van der Waals surface area contributed by atoms with Crippen LogP contribution in [0, 0.1) is 0 Å². The average molecular weight is 165 g/mol. The molecule has 0 saturated carbocycles. The molecule has 3 heteroatoms. The zero-order chi connectivity index (χ0) is 9.12. The van der Waals surface area contributed by atoms with Crippen molar-refractivity contribution in [1.82, 2.24) is 0 Å². The van der Waals surface area contributed by atoms with E-state index in [2.05, 4.69) is 44.3 Å². The standard InChI is InChI=1S/C8H20NSi.Li/c1-6-7-8(2,9)10(3,4)5;/h1,6-7,9H2,2-5H3;. The second kappa shape index (κ2) is 4.14. The third-order valence-electron chi connectivity index (χ3n) is 2.76. The molecule has 0 spiro atoms. The van der Waals surface area contributed by atoms with Gasteiger partial charge in [-0.3, -0.25) is 0 Å². The van der Waals surface area contributed by atoms with Gasteiger partial charge in [0.2, 0.25) is 0 Å². The molecule has 0 aliphatic rings. The van der Waals surface area contributed by atoms with Gasteiger partial charge in [0.15, 0.2) is 0 Å². The van der Waals surface area contributed by atoms with Crippen molar-refractivity contribution in [3.8, 4) is 0 Å². The number of rotatable bonds is 4. The van der Waals surface area contributed by atoms with Crippen LogP contribution in [0.3, 0.4) is 0 Å². The molecule has 0 saturated heterocycles. The molecule has 1 unspecified atom stereocenters. The fraction of sp³-hybridized carbons (Fsp3) is 1.00. The van der Waals surface area contributed by atoms with Crippen molar-refractivity contribution in [1.29, 1.82) is 0 Å². The maximum absolute atomic E-state index is 6.24. The molecular formula is C8H20LiNSi.